The molecule has 0 bridgehead atoms. The molecule has 1 aromatic carbocycles. The standard InChI is InChI=1S/C31H38F3N9O2S2/c1-36-30-38-28(25-15-24(17-31(32,33)34)46-29(25)39-30)37-22-3-5-41(6-4-22)19-21-13-20-14-23(18-35)43(26(20)16-27(21)44)12-9-40-7-10-42(11-8-40)47(2)45/h13-16,22,44H,3-12,17,19H2,1-2H3,(H2,36,37,38,39). The molecular weight excluding hydrogens is 652 g/mol. The Morgan fingerprint density at radius 3 is 2.47 bits per heavy atom. The highest BCUT2D eigenvalue weighted by Gasteiger charge is 2.30. The fourth-order valence-electron chi connectivity index (χ4n) is 6.40. The van der Waals surface area contributed by atoms with Crippen LogP contribution in [0.1, 0.15) is 29.0 Å². The molecule has 3 aromatic heterocycles. The monoisotopic (exact) mass is 689 g/mol. The van der Waals surface area contributed by atoms with Crippen LogP contribution in [0.4, 0.5) is 24.9 Å². The maximum atomic E-state index is 13.0. The average molecular weight is 690 g/mol. The van der Waals surface area contributed by atoms with Gasteiger partial charge in [-0.3, -0.25) is 9.80 Å². The number of rotatable bonds is 10. The minimum Gasteiger partial charge on any atom is -0.508 e. The number of phenols is 1. The van der Waals surface area contributed by atoms with Crippen LogP contribution in [0.3, 0.4) is 0 Å². The van der Waals surface area contributed by atoms with Crippen LogP contribution in [0.5, 0.6) is 5.75 Å². The van der Waals surface area contributed by atoms with E-state index in [2.05, 4.69) is 36.5 Å². The highest BCUT2D eigenvalue weighted by molar-refractivity contribution is 7.81. The number of nitriles is 1. The second-order valence-electron chi connectivity index (χ2n) is 12.1. The third-order valence-corrected chi connectivity index (χ3v) is 11.0. The second-order valence-corrected chi connectivity index (χ2v) is 14.6. The van der Waals surface area contributed by atoms with Crippen LogP contribution in [-0.4, -0.2) is 109 Å². The number of phenolic OH excluding ortho intramolecular Hbond substituents is 1. The zero-order valence-corrected chi connectivity index (χ0v) is 27.9. The van der Waals surface area contributed by atoms with Gasteiger partial charge in [-0.25, -0.2) is 13.5 Å². The van der Waals surface area contributed by atoms with Crippen molar-refractivity contribution in [1.29, 1.82) is 5.26 Å². The summed E-state index contributed by atoms with van der Waals surface area (Å²) >= 11 is 1.03. The van der Waals surface area contributed by atoms with Gasteiger partial charge in [-0.2, -0.15) is 23.4 Å². The Bertz CT molecular complexity index is 1800. The first-order valence-electron chi connectivity index (χ1n) is 15.6. The number of aromatic nitrogens is 3. The summed E-state index contributed by atoms with van der Waals surface area (Å²) in [5, 5.41) is 28.8. The van der Waals surface area contributed by atoms with E-state index in [-0.39, 0.29) is 16.7 Å². The van der Waals surface area contributed by atoms with Gasteiger partial charge in [0, 0.05) is 100 Å². The minimum absolute atomic E-state index is 0.0791. The summed E-state index contributed by atoms with van der Waals surface area (Å²) in [6.45, 7) is 6.58. The topological polar surface area (TPSA) is 126 Å². The number of piperidine rings is 1. The van der Waals surface area contributed by atoms with Gasteiger partial charge in [0.1, 0.15) is 28.2 Å². The summed E-state index contributed by atoms with van der Waals surface area (Å²) < 4.78 is 54.8. The number of aromatic hydroxyl groups is 1. The smallest absolute Gasteiger partial charge is 0.393 e. The number of nitrogens with one attached hydrogen (secondary N) is 2. The van der Waals surface area contributed by atoms with Gasteiger partial charge >= 0.3 is 6.18 Å². The molecule has 6 rings (SSSR count). The third-order valence-electron chi connectivity index (χ3n) is 8.92. The predicted molar refractivity (Wildman–Crippen MR) is 179 cm³/mol. The maximum Gasteiger partial charge on any atom is 0.393 e. The number of piperazine rings is 1. The van der Waals surface area contributed by atoms with Gasteiger partial charge in [-0.15, -0.1) is 11.3 Å². The zero-order valence-electron chi connectivity index (χ0n) is 26.3. The number of fused-ring (bicyclic) bond motifs is 2. The molecule has 2 fully saturated rings. The minimum atomic E-state index is -4.29. The van der Waals surface area contributed by atoms with Crippen LogP contribution < -0.4 is 10.6 Å². The largest absolute Gasteiger partial charge is 0.508 e. The van der Waals surface area contributed by atoms with E-state index in [0.717, 1.165) is 86.5 Å². The Hall–Kier alpha value is -3.49. The van der Waals surface area contributed by atoms with E-state index in [9.17, 15) is 27.7 Å². The quantitative estimate of drug-likeness (QED) is 0.223. The molecule has 0 radical (unpaired) electrons. The number of thiophene rings is 1. The Morgan fingerprint density at radius 1 is 1.06 bits per heavy atom. The summed E-state index contributed by atoms with van der Waals surface area (Å²) in [6.07, 6.45) is -2.00. The van der Waals surface area contributed by atoms with Gasteiger partial charge in [-0.1, -0.05) is 0 Å². The first kappa shape index (κ1) is 33.4. The highest BCUT2D eigenvalue weighted by Crippen LogP contribution is 2.35. The number of likely N-dealkylation sites (tertiary alicyclic amines) is 1. The van der Waals surface area contributed by atoms with E-state index in [4.69, 9.17) is 0 Å². The predicted octanol–water partition coefficient (Wildman–Crippen LogP) is 4.36. The molecule has 11 nitrogen and oxygen atoms in total. The normalized spacial score (nSPS) is 18.1. The average Bonchev–Trinajstić information content (AvgIpc) is 3.60. The summed E-state index contributed by atoms with van der Waals surface area (Å²) in [7, 11) is 0.716. The number of halogens is 3. The zero-order chi connectivity index (χ0) is 33.3. The van der Waals surface area contributed by atoms with E-state index >= 15 is 0 Å². The van der Waals surface area contributed by atoms with Crippen LogP contribution in [-0.2, 0) is 30.5 Å². The summed E-state index contributed by atoms with van der Waals surface area (Å²) in [6, 6.07) is 9.51. The van der Waals surface area contributed by atoms with Gasteiger partial charge in [-0.05, 0) is 31.0 Å². The van der Waals surface area contributed by atoms with Crippen molar-refractivity contribution < 1.29 is 22.5 Å². The van der Waals surface area contributed by atoms with Crippen molar-refractivity contribution in [3.8, 4) is 11.8 Å². The van der Waals surface area contributed by atoms with Crippen molar-refractivity contribution in [3.05, 3.63) is 40.4 Å². The molecular formula is C31H38F3N9O2S2. The van der Waals surface area contributed by atoms with E-state index < -0.39 is 23.6 Å². The third kappa shape index (κ3) is 7.81. The van der Waals surface area contributed by atoms with E-state index in [1.165, 1.54) is 6.07 Å². The number of anilines is 2. The van der Waals surface area contributed by atoms with Gasteiger partial charge < -0.3 is 20.3 Å². The van der Waals surface area contributed by atoms with Gasteiger partial charge in [0.25, 0.3) is 0 Å². The molecule has 2 aliphatic heterocycles. The number of hydrogen-bond donors (Lipinski definition) is 3. The summed E-state index contributed by atoms with van der Waals surface area (Å²) in [4.78, 5) is 14.2. The first-order chi connectivity index (χ1) is 22.5. The molecule has 47 heavy (non-hydrogen) atoms. The lowest BCUT2D eigenvalue weighted by molar-refractivity contribution is -0.126. The van der Waals surface area contributed by atoms with E-state index in [1.807, 2.05) is 21.0 Å². The molecule has 4 aromatic rings. The van der Waals surface area contributed by atoms with Crippen molar-refractivity contribution in [2.75, 3.05) is 69.8 Å². The Labute approximate surface area is 277 Å². The lowest BCUT2D eigenvalue weighted by Crippen LogP contribution is -2.47. The van der Waals surface area contributed by atoms with Crippen molar-refractivity contribution in [1.82, 2.24) is 28.6 Å². The van der Waals surface area contributed by atoms with E-state index in [1.54, 1.807) is 19.4 Å². The number of benzene rings is 1. The van der Waals surface area contributed by atoms with Crippen LogP contribution in [0, 0.1) is 11.3 Å². The number of alkyl halides is 3. The van der Waals surface area contributed by atoms with Gasteiger partial charge in [0.05, 0.1) is 28.3 Å². The molecule has 1 unspecified atom stereocenters. The fourth-order valence-corrected chi connectivity index (χ4v) is 8.14. The molecule has 3 N–H and O–H groups in total. The first-order valence-corrected chi connectivity index (χ1v) is 17.9. The molecule has 0 saturated carbocycles. The van der Waals surface area contributed by atoms with Crippen LogP contribution >= 0.6 is 11.3 Å². The Balaban J connectivity index is 1.09. The molecule has 16 heteroatoms. The fraction of sp³-hybridized carbons (Fsp3) is 0.516. The highest BCUT2D eigenvalue weighted by atomic mass is 32.2. The Kier molecular flexibility index (Phi) is 9.90. The molecule has 0 amide bonds. The lowest BCUT2D eigenvalue weighted by atomic mass is 10.0. The molecule has 2 aliphatic rings. The van der Waals surface area contributed by atoms with Gasteiger partial charge in [0.2, 0.25) is 5.95 Å². The summed E-state index contributed by atoms with van der Waals surface area (Å²) in [5.41, 5.74) is 2.16. The molecule has 0 aliphatic carbocycles. The maximum absolute atomic E-state index is 13.0. The molecule has 1 atom stereocenters. The molecule has 5 heterocycles. The molecule has 2 saturated heterocycles. The molecule has 0 spiro atoms. The van der Waals surface area contributed by atoms with Crippen LogP contribution in [0.15, 0.2) is 24.3 Å². The number of nitrogens with zero attached hydrogens (tertiary/aromatic N) is 7. The number of hydrogen-bond acceptors (Lipinski definition) is 10. The molecule has 252 valence electrons. The Morgan fingerprint density at radius 2 is 1.81 bits per heavy atom. The van der Waals surface area contributed by atoms with Crippen LogP contribution in [0.25, 0.3) is 21.1 Å². The van der Waals surface area contributed by atoms with Gasteiger partial charge in [0.15, 0.2) is 0 Å². The van der Waals surface area contributed by atoms with Crippen molar-refractivity contribution >= 4 is 55.2 Å². The second kappa shape index (κ2) is 13.9. The SMILES string of the molecule is CNc1nc(NC2CCN(Cc3cc4cc(C#N)n(CCN5CCN(S(C)=O)CC5)c4cc3O)CC2)c2cc(CC(F)(F)F)sc2n1. The van der Waals surface area contributed by atoms with Crippen molar-refractivity contribution in [2.45, 2.75) is 44.6 Å². The lowest BCUT2D eigenvalue weighted by Gasteiger charge is -2.33. The van der Waals surface area contributed by atoms with Crippen molar-refractivity contribution in [3.63, 3.8) is 0 Å². The summed E-state index contributed by atoms with van der Waals surface area (Å²) in [5.74, 6) is 1.07. The van der Waals surface area contributed by atoms with E-state index in [0.29, 0.717) is 40.8 Å². The van der Waals surface area contributed by atoms with Crippen LogP contribution in [0.2, 0.25) is 0 Å². The van der Waals surface area contributed by atoms with Crippen molar-refractivity contribution in [2.24, 2.45) is 0 Å².